The standard InChI is InChI=1S/C8H16O2/c1-3-4-10-8-5-7(8)6-9-2/h7-8H,3-6H2,1-2H3. The van der Waals surface area contributed by atoms with E-state index < -0.39 is 0 Å². The van der Waals surface area contributed by atoms with Gasteiger partial charge >= 0.3 is 0 Å². The molecule has 0 aromatic carbocycles. The van der Waals surface area contributed by atoms with E-state index in [4.69, 9.17) is 9.47 Å². The minimum absolute atomic E-state index is 0.514. The smallest absolute Gasteiger partial charge is 0.0630 e. The first-order chi connectivity index (χ1) is 4.88. The predicted octanol–water partition coefficient (Wildman–Crippen LogP) is 1.45. The summed E-state index contributed by atoms with van der Waals surface area (Å²) in [5.74, 6) is 0.691. The molecule has 0 saturated heterocycles. The summed E-state index contributed by atoms with van der Waals surface area (Å²) >= 11 is 0. The summed E-state index contributed by atoms with van der Waals surface area (Å²) in [5.41, 5.74) is 0. The van der Waals surface area contributed by atoms with E-state index in [9.17, 15) is 0 Å². The van der Waals surface area contributed by atoms with Crippen LogP contribution in [-0.2, 0) is 9.47 Å². The number of rotatable bonds is 5. The van der Waals surface area contributed by atoms with Crippen molar-refractivity contribution in [3.05, 3.63) is 0 Å². The van der Waals surface area contributed by atoms with E-state index in [0.29, 0.717) is 12.0 Å². The molecule has 0 aliphatic heterocycles. The fourth-order valence-corrected chi connectivity index (χ4v) is 1.08. The molecule has 0 aromatic heterocycles. The van der Waals surface area contributed by atoms with Crippen LogP contribution in [0.25, 0.3) is 0 Å². The van der Waals surface area contributed by atoms with E-state index in [1.807, 2.05) is 0 Å². The van der Waals surface area contributed by atoms with Gasteiger partial charge in [-0.1, -0.05) is 6.92 Å². The second-order valence-corrected chi connectivity index (χ2v) is 2.86. The highest BCUT2D eigenvalue weighted by atomic mass is 16.5. The van der Waals surface area contributed by atoms with Gasteiger partial charge in [-0.15, -0.1) is 0 Å². The topological polar surface area (TPSA) is 18.5 Å². The summed E-state index contributed by atoms with van der Waals surface area (Å²) in [7, 11) is 1.75. The van der Waals surface area contributed by atoms with Crippen LogP contribution in [0.2, 0.25) is 0 Å². The van der Waals surface area contributed by atoms with Crippen molar-refractivity contribution in [2.45, 2.75) is 25.9 Å². The molecule has 1 aliphatic carbocycles. The van der Waals surface area contributed by atoms with E-state index in [1.165, 1.54) is 6.42 Å². The average Bonchev–Trinajstić information content (AvgIpc) is 2.65. The zero-order chi connectivity index (χ0) is 7.40. The van der Waals surface area contributed by atoms with Crippen molar-refractivity contribution in [2.24, 2.45) is 5.92 Å². The summed E-state index contributed by atoms with van der Waals surface area (Å²) < 4.78 is 10.5. The van der Waals surface area contributed by atoms with Crippen LogP contribution in [0.1, 0.15) is 19.8 Å². The fraction of sp³-hybridized carbons (Fsp3) is 1.00. The van der Waals surface area contributed by atoms with Gasteiger partial charge in [0.1, 0.15) is 0 Å². The number of hydrogen-bond donors (Lipinski definition) is 0. The van der Waals surface area contributed by atoms with E-state index in [2.05, 4.69) is 6.92 Å². The first-order valence-corrected chi connectivity index (χ1v) is 3.99. The third kappa shape index (κ3) is 2.27. The first kappa shape index (κ1) is 8.02. The maximum absolute atomic E-state index is 5.49. The molecule has 2 unspecified atom stereocenters. The highest BCUT2D eigenvalue weighted by molar-refractivity contribution is 4.87. The van der Waals surface area contributed by atoms with Crippen LogP contribution in [0.5, 0.6) is 0 Å². The van der Waals surface area contributed by atoms with Crippen LogP contribution in [0.4, 0.5) is 0 Å². The van der Waals surface area contributed by atoms with E-state index in [1.54, 1.807) is 7.11 Å². The summed E-state index contributed by atoms with van der Waals surface area (Å²) in [6.45, 7) is 3.91. The van der Waals surface area contributed by atoms with Gasteiger partial charge in [0.2, 0.25) is 0 Å². The second kappa shape index (κ2) is 3.94. The Kier molecular flexibility index (Phi) is 3.16. The quantitative estimate of drug-likeness (QED) is 0.581. The van der Waals surface area contributed by atoms with Gasteiger partial charge in [-0.3, -0.25) is 0 Å². The Hall–Kier alpha value is -0.0800. The lowest BCUT2D eigenvalue weighted by Crippen LogP contribution is -2.01. The highest BCUT2D eigenvalue weighted by Crippen LogP contribution is 2.33. The molecule has 0 amide bonds. The van der Waals surface area contributed by atoms with Gasteiger partial charge < -0.3 is 9.47 Å². The van der Waals surface area contributed by atoms with E-state index in [-0.39, 0.29) is 0 Å². The van der Waals surface area contributed by atoms with Crippen LogP contribution in [-0.4, -0.2) is 26.4 Å². The van der Waals surface area contributed by atoms with Crippen molar-refractivity contribution in [1.82, 2.24) is 0 Å². The summed E-state index contributed by atoms with van der Waals surface area (Å²) in [6, 6.07) is 0. The fourth-order valence-electron chi connectivity index (χ4n) is 1.08. The van der Waals surface area contributed by atoms with Gasteiger partial charge in [-0.25, -0.2) is 0 Å². The average molecular weight is 144 g/mol. The van der Waals surface area contributed by atoms with Crippen LogP contribution < -0.4 is 0 Å². The molecule has 0 N–H and O–H groups in total. The molecule has 0 radical (unpaired) electrons. The Morgan fingerprint density at radius 1 is 1.50 bits per heavy atom. The molecule has 2 heteroatoms. The lowest BCUT2D eigenvalue weighted by Gasteiger charge is -1.99. The Morgan fingerprint density at radius 3 is 2.90 bits per heavy atom. The molecule has 0 aromatic rings. The minimum atomic E-state index is 0.514. The highest BCUT2D eigenvalue weighted by Gasteiger charge is 2.37. The molecule has 0 spiro atoms. The summed E-state index contributed by atoms with van der Waals surface area (Å²) in [5, 5.41) is 0. The van der Waals surface area contributed by atoms with Gasteiger partial charge in [0.25, 0.3) is 0 Å². The molecular weight excluding hydrogens is 128 g/mol. The minimum Gasteiger partial charge on any atom is -0.384 e. The molecule has 2 atom stereocenters. The van der Waals surface area contributed by atoms with E-state index >= 15 is 0 Å². The number of hydrogen-bond acceptors (Lipinski definition) is 2. The summed E-state index contributed by atoms with van der Waals surface area (Å²) in [6.07, 6.45) is 2.84. The van der Waals surface area contributed by atoms with Gasteiger partial charge in [-0.2, -0.15) is 0 Å². The monoisotopic (exact) mass is 144 g/mol. The van der Waals surface area contributed by atoms with E-state index in [0.717, 1.165) is 19.6 Å². The molecule has 1 fully saturated rings. The largest absolute Gasteiger partial charge is 0.384 e. The van der Waals surface area contributed by atoms with Crippen LogP contribution in [0, 0.1) is 5.92 Å². The Bertz CT molecular complexity index is 93.3. The number of methoxy groups -OCH3 is 1. The first-order valence-electron chi connectivity index (χ1n) is 3.99. The third-order valence-corrected chi connectivity index (χ3v) is 1.77. The van der Waals surface area contributed by atoms with Gasteiger partial charge in [0.05, 0.1) is 12.7 Å². The van der Waals surface area contributed by atoms with Crippen molar-refractivity contribution in [3.63, 3.8) is 0 Å². The van der Waals surface area contributed by atoms with Crippen molar-refractivity contribution >= 4 is 0 Å². The van der Waals surface area contributed by atoms with Gasteiger partial charge in [-0.05, 0) is 12.8 Å². The maximum atomic E-state index is 5.49. The van der Waals surface area contributed by atoms with Gasteiger partial charge in [0, 0.05) is 19.6 Å². The molecular formula is C8H16O2. The Morgan fingerprint density at radius 2 is 2.30 bits per heavy atom. The molecule has 60 valence electrons. The normalized spacial score (nSPS) is 30.6. The molecule has 1 aliphatic rings. The van der Waals surface area contributed by atoms with Crippen molar-refractivity contribution < 1.29 is 9.47 Å². The van der Waals surface area contributed by atoms with Crippen molar-refractivity contribution in [3.8, 4) is 0 Å². The Labute approximate surface area is 62.5 Å². The Balaban J connectivity index is 1.92. The second-order valence-electron chi connectivity index (χ2n) is 2.86. The lowest BCUT2D eigenvalue weighted by atomic mass is 10.4. The molecule has 1 saturated carbocycles. The SMILES string of the molecule is CCCOC1CC1COC. The maximum Gasteiger partial charge on any atom is 0.0630 e. The zero-order valence-corrected chi connectivity index (χ0v) is 6.80. The predicted molar refractivity (Wildman–Crippen MR) is 40.0 cm³/mol. The van der Waals surface area contributed by atoms with Gasteiger partial charge in [0.15, 0.2) is 0 Å². The molecule has 0 bridgehead atoms. The molecule has 10 heavy (non-hydrogen) atoms. The van der Waals surface area contributed by atoms with Crippen molar-refractivity contribution in [2.75, 3.05) is 20.3 Å². The molecule has 2 nitrogen and oxygen atoms in total. The lowest BCUT2D eigenvalue weighted by molar-refractivity contribution is 0.0904. The molecule has 1 rings (SSSR count). The summed E-state index contributed by atoms with van der Waals surface area (Å²) in [4.78, 5) is 0. The number of ether oxygens (including phenoxy) is 2. The third-order valence-electron chi connectivity index (χ3n) is 1.77. The van der Waals surface area contributed by atoms with Crippen molar-refractivity contribution in [1.29, 1.82) is 0 Å². The van der Waals surface area contributed by atoms with Crippen LogP contribution in [0.3, 0.4) is 0 Å². The molecule has 0 heterocycles. The van der Waals surface area contributed by atoms with Crippen LogP contribution in [0.15, 0.2) is 0 Å². The zero-order valence-electron chi connectivity index (χ0n) is 6.80. The van der Waals surface area contributed by atoms with Crippen LogP contribution >= 0.6 is 0 Å².